The Kier molecular flexibility index (Phi) is 6.18. The molecule has 0 rings (SSSR count). The molecule has 0 saturated carbocycles. The Labute approximate surface area is 62.0 Å². The highest BCUT2D eigenvalue weighted by molar-refractivity contribution is 5.72. The van der Waals surface area contributed by atoms with Gasteiger partial charge in [0, 0.05) is 13.5 Å². The van der Waals surface area contributed by atoms with Crippen molar-refractivity contribution in [3.63, 3.8) is 0 Å². The molecular formula is C7H16N2O. The van der Waals surface area contributed by atoms with Crippen LogP contribution in [0.1, 0.15) is 26.2 Å². The highest BCUT2D eigenvalue weighted by Gasteiger charge is 1.89. The Morgan fingerprint density at radius 3 is 2.60 bits per heavy atom. The second-order valence-electron chi connectivity index (χ2n) is 2.33. The monoisotopic (exact) mass is 144 g/mol. The van der Waals surface area contributed by atoms with Gasteiger partial charge in [0.15, 0.2) is 0 Å². The highest BCUT2D eigenvalue weighted by atomic mass is 16.1. The van der Waals surface area contributed by atoms with E-state index < -0.39 is 0 Å². The summed E-state index contributed by atoms with van der Waals surface area (Å²) < 4.78 is 0. The first-order chi connectivity index (χ1) is 4.77. The third-order valence-electron chi connectivity index (χ3n) is 1.25. The first-order valence-corrected chi connectivity index (χ1v) is 3.72. The van der Waals surface area contributed by atoms with Crippen molar-refractivity contribution >= 4 is 5.91 Å². The van der Waals surface area contributed by atoms with Crippen molar-refractivity contribution in [2.45, 2.75) is 26.2 Å². The molecule has 0 bridgehead atoms. The number of unbranched alkanes of at least 4 members (excludes halogenated alkanes) is 2. The average molecular weight is 144 g/mol. The van der Waals surface area contributed by atoms with E-state index in [2.05, 4.69) is 5.32 Å². The minimum atomic E-state index is 0.0488. The molecule has 0 aromatic carbocycles. The molecule has 3 N–H and O–H groups in total. The smallest absolute Gasteiger partial charge is 0.216 e. The molecule has 0 aliphatic carbocycles. The van der Waals surface area contributed by atoms with Crippen molar-refractivity contribution in [2.75, 3.05) is 13.1 Å². The lowest BCUT2D eigenvalue weighted by atomic mass is 10.2. The molecule has 0 fully saturated rings. The number of carbonyl (C=O) groups excluding carboxylic acids is 1. The van der Waals surface area contributed by atoms with Gasteiger partial charge >= 0.3 is 0 Å². The van der Waals surface area contributed by atoms with Gasteiger partial charge in [0.1, 0.15) is 0 Å². The molecule has 60 valence electrons. The highest BCUT2D eigenvalue weighted by Crippen LogP contribution is 1.90. The van der Waals surface area contributed by atoms with Gasteiger partial charge in [0.05, 0.1) is 0 Å². The Morgan fingerprint density at radius 1 is 1.40 bits per heavy atom. The zero-order valence-electron chi connectivity index (χ0n) is 6.52. The van der Waals surface area contributed by atoms with Crippen LogP contribution in [-0.4, -0.2) is 19.0 Å². The normalized spacial score (nSPS) is 9.40. The SMILES string of the molecule is CC(=O)NCCCCCN. The molecular weight excluding hydrogens is 128 g/mol. The minimum absolute atomic E-state index is 0.0488. The first kappa shape index (κ1) is 9.43. The molecule has 0 unspecified atom stereocenters. The fourth-order valence-corrected chi connectivity index (χ4v) is 0.711. The zero-order valence-corrected chi connectivity index (χ0v) is 6.52. The van der Waals surface area contributed by atoms with Crippen molar-refractivity contribution in [3.05, 3.63) is 0 Å². The standard InChI is InChI=1S/C7H16N2O/c1-7(10)9-6-4-2-3-5-8/h2-6,8H2,1H3,(H,9,10). The Balaban J connectivity index is 2.84. The van der Waals surface area contributed by atoms with Crippen LogP contribution < -0.4 is 11.1 Å². The molecule has 0 aliphatic heterocycles. The number of carbonyl (C=O) groups is 1. The molecule has 0 aliphatic rings. The molecule has 10 heavy (non-hydrogen) atoms. The summed E-state index contributed by atoms with van der Waals surface area (Å²) in [5.74, 6) is 0.0488. The van der Waals surface area contributed by atoms with Crippen molar-refractivity contribution in [2.24, 2.45) is 5.73 Å². The molecule has 0 aromatic rings. The summed E-state index contributed by atoms with van der Waals surface area (Å²) in [5.41, 5.74) is 5.28. The maximum atomic E-state index is 10.3. The maximum absolute atomic E-state index is 10.3. The molecule has 3 nitrogen and oxygen atoms in total. The van der Waals surface area contributed by atoms with Crippen LogP contribution in [0, 0.1) is 0 Å². The number of nitrogens with two attached hydrogens (primary N) is 1. The lowest BCUT2D eigenvalue weighted by Crippen LogP contribution is -2.20. The molecule has 0 heterocycles. The predicted molar refractivity (Wildman–Crippen MR) is 41.6 cm³/mol. The lowest BCUT2D eigenvalue weighted by molar-refractivity contribution is -0.118. The van der Waals surface area contributed by atoms with E-state index in [4.69, 9.17) is 5.73 Å². The number of hydrogen-bond donors (Lipinski definition) is 2. The molecule has 0 radical (unpaired) electrons. The fraction of sp³-hybridized carbons (Fsp3) is 0.857. The van der Waals surface area contributed by atoms with Gasteiger partial charge in [-0.1, -0.05) is 6.42 Å². The minimum Gasteiger partial charge on any atom is -0.356 e. The number of amides is 1. The molecule has 3 heteroatoms. The summed E-state index contributed by atoms with van der Waals surface area (Å²) >= 11 is 0. The van der Waals surface area contributed by atoms with Crippen LogP contribution in [0.15, 0.2) is 0 Å². The second-order valence-corrected chi connectivity index (χ2v) is 2.33. The third-order valence-corrected chi connectivity index (χ3v) is 1.25. The van der Waals surface area contributed by atoms with Gasteiger partial charge in [-0.15, -0.1) is 0 Å². The Morgan fingerprint density at radius 2 is 2.10 bits per heavy atom. The van der Waals surface area contributed by atoms with Gasteiger partial charge < -0.3 is 11.1 Å². The van der Waals surface area contributed by atoms with Crippen LogP contribution in [0.2, 0.25) is 0 Å². The molecule has 0 spiro atoms. The van der Waals surface area contributed by atoms with E-state index in [0.717, 1.165) is 32.4 Å². The van der Waals surface area contributed by atoms with Crippen LogP contribution >= 0.6 is 0 Å². The summed E-state index contributed by atoms with van der Waals surface area (Å²) in [6.07, 6.45) is 3.20. The van der Waals surface area contributed by atoms with E-state index in [1.165, 1.54) is 6.92 Å². The number of nitrogens with one attached hydrogen (secondary N) is 1. The van der Waals surface area contributed by atoms with Gasteiger partial charge in [-0.05, 0) is 19.4 Å². The van der Waals surface area contributed by atoms with Crippen LogP contribution in [-0.2, 0) is 4.79 Å². The van der Waals surface area contributed by atoms with E-state index >= 15 is 0 Å². The largest absolute Gasteiger partial charge is 0.356 e. The topological polar surface area (TPSA) is 55.1 Å². The van der Waals surface area contributed by atoms with E-state index in [-0.39, 0.29) is 5.91 Å². The Hall–Kier alpha value is -0.570. The molecule has 0 saturated heterocycles. The van der Waals surface area contributed by atoms with E-state index in [9.17, 15) is 4.79 Å². The molecule has 0 aromatic heterocycles. The van der Waals surface area contributed by atoms with Crippen LogP contribution in [0.5, 0.6) is 0 Å². The zero-order chi connectivity index (χ0) is 7.82. The van der Waals surface area contributed by atoms with Gasteiger partial charge in [0.2, 0.25) is 5.91 Å². The van der Waals surface area contributed by atoms with Gasteiger partial charge in [0.25, 0.3) is 0 Å². The molecule has 1 amide bonds. The van der Waals surface area contributed by atoms with Gasteiger partial charge in [-0.25, -0.2) is 0 Å². The van der Waals surface area contributed by atoms with E-state index in [1.54, 1.807) is 0 Å². The van der Waals surface area contributed by atoms with Crippen LogP contribution in [0.25, 0.3) is 0 Å². The van der Waals surface area contributed by atoms with E-state index in [1.807, 2.05) is 0 Å². The quantitative estimate of drug-likeness (QED) is 0.543. The summed E-state index contributed by atoms with van der Waals surface area (Å²) in [6.45, 7) is 3.07. The Bertz CT molecular complexity index is 93.6. The van der Waals surface area contributed by atoms with Crippen molar-refractivity contribution < 1.29 is 4.79 Å². The fourth-order valence-electron chi connectivity index (χ4n) is 0.711. The average Bonchev–Trinajstić information content (AvgIpc) is 1.87. The number of rotatable bonds is 5. The second kappa shape index (κ2) is 6.55. The molecule has 0 atom stereocenters. The number of hydrogen-bond acceptors (Lipinski definition) is 2. The summed E-state index contributed by atoms with van der Waals surface area (Å²) in [6, 6.07) is 0. The van der Waals surface area contributed by atoms with Crippen LogP contribution in [0.3, 0.4) is 0 Å². The summed E-state index contributed by atoms with van der Waals surface area (Å²) in [5, 5.41) is 2.72. The van der Waals surface area contributed by atoms with Gasteiger partial charge in [-0.3, -0.25) is 4.79 Å². The predicted octanol–water partition coefficient (Wildman–Crippen LogP) is 0.251. The lowest BCUT2D eigenvalue weighted by Gasteiger charge is -1.99. The maximum Gasteiger partial charge on any atom is 0.216 e. The van der Waals surface area contributed by atoms with Gasteiger partial charge in [-0.2, -0.15) is 0 Å². The summed E-state index contributed by atoms with van der Waals surface area (Å²) in [4.78, 5) is 10.3. The van der Waals surface area contributed by atoms with Crippen molar-refractivity contribution in [1.82, 2.24) is 5.32 Å². The van der Waals surface area contributed by atoms with Crippen molar-refractivity contribution in [3.8, 4) is 0 Å². The van der Waals surface area contributed by atoms with Crippen molar-refractivity contribution in [1.29, 1.82) is 0 Å². The van der Waals surface area contributed by atoms with E-state index in [0.29, 0.717) is 0 Å². The van der Waals surface area contributed by atoms with Crippen LogP contribution in [0.4, 0.5) is 0 Å². The first-order valence-electron chi connectivity index (χ1n) is 3.72. The summed E-state index contributed by atoms with van der Waals surface area (Å²) in [7, 11) is 0. The third kappa shape index (κ3) is 7.43.